The molecule has 9 nitrogen and oxygen atoms in total. The van der Waals surface area contributed by atoms with Gasteiger partial charge >= 0.3 is 5.97 Å². The van der Waals surface area contributed by atoms with Crippen LogP contribution >= 0.6 is 11.3 Å². The minimum atomic E-state index is -3.06. The summed E-state index contributed by atoms with van der Waals surface area (Å²) in [4.78, 5) is 29.2. The van der Waals surface area contributed by atoms with Gasteiger partial charge in [-0.3, -0.25) is 14.8 Å². The normalized spacial score (nSPS) is 18.4. The third kappa shape index (κ3) is 3.74. The van der Waals surface area contributed by atoms with Crippen molar-refractivity contribution < 1.29 is 22.7 Å². The smallest absolute Gasteiger partial charge is 0.357 e. The van der Waals surface area contributed by atoms with Gasteiger partial charge in [0.25, 0.3) is 5.91 Å². The standard InChI is InChI=1S/C16H20N4O5S2/c1-8-12(9(2)20(19-8)11-5-6-27(23,24)7-11)14(21)18-16-17-13(10(3)26-16)15(22)25-4/h11H,5-7H2,1-4H3,(H,17,18,21)/t11-/m0/s1. The van der Waals surface area contributed by atoms with Gasteiger partial charge < -0.3 is 4.74 Å². The molecule has 11 heteroatoms. The fourth-order valence-corrected chi connectivity index (χ4v) is 5.70. The maximum Gasteiger partial charge on any atom is 0.357 e. The molecule has 2 aromatic heterocycles. The fourth-order valence-electron chi connectivity index (χ4n) is 3.21. The van der Waals surface area contributed by atoms with Crippen LogP contribution in [0.3, 0.4) is 0 Å². The number of nitrogens with one attached hydrogen (secondary N) is 1. The highest BCUT2D eigenvalue weighted by molar-refractivity contribution is 7.91. The van der Waals surface area contributed by atoms with Gasteiger partial charge in [-0.15, -0.1) is 11.3 Å². The molecule has 0 saturated carbocycles. The Morgan fingerprint density at radius 1 is 1.30 bits per heavy atom. The minimum absolute atomic E-state index is 0.0319. The zero-order valence-corrected chi connectivity index (χ0v) is 17.0. The largest absolute Gasteiger partial charge is 0.464 e. The third-order valence-electron chi connectivity index (χ3n) is 4.50. The lowest BCUT2D eigenvalue weighted by atomic mass is 10.1. The van der Waals surface area contributed by atoms with Gasteiger partial charge in [0.15, 0.2) is 20.7 Å². The summed E-state index contributed by atoms with van der Waals surface area (Å²) in [7, 11) is -1.79. The number of hydrogen-bond donors (Lipinski definition) is 1. The van der Waals surface area contributed by atoms with Crippen molar-refractivity contribution in [3.05, 3.63) is 27.5 Å². The maximum atomic E-state index is 12.7. The molecule has 0 spiro atoms. The van der Waals surface area contributed by atoms with Crippen molar-refractivity contribution in [1.82, 2.24) is 14.8 Å². The molecule has 3 rings (SSSR count). The molecule has 2 aromatic rings. The Hall–Kier alpha value is -2.27. The van der Waals surface area contributed by atoms with E-state index in [0.29, 0.717) is 28.2 Å². The van der Waals surface area contributed by atoms with Crippen molar-refractivity contribution in [1.29, 1.82) is 0 Å². The van der Waals surface area contributed by atoms with Gasteiger partial charge in [0, 0.05) is 10.6 Å². The zero-order valence-electron chi connectivity index (χ0n) is 15.4. The first-order chi connectivity index (χ1) is 12.6. The number of esters is 1. The van der Waals surface area contributed by atoms with Crippen LogP contribution in [-0.2, 0) is 14.6 Å². The summed E-state index contributed by atoms with van der Waals surface area (Å²) in [5, 5.41) is 7.36. The second-order valence-electron chi connectivity index (χ2n) is 6.42. The first-order valence-corrected chi connectivity index (χ1v) is 10.9. The lowest BCUT2D eigenvalue weighted by Gasteiger charge is -2.11. The highest BCUT2D eigenvalue weighted by Gasteiger charge is 2.32. The van der Waals surface area contributed by atoms with Crippen LogP contribution in [0.25, 0.3) is 0 Å². The molecule has 3 heterocycles. The summed E-state index contributed by atoms with van der Waals surface area (Å²) in [6.45, 7) is 5.16. The molecule has 0 bridgehead atoms. The molecular weight excluding hydrogens is 392 g/mol. The van der Waals surface area contributed by atoms with Crippen molar-refractivity contribution in [2.75, 3.05) is 23.9 Å². The molecule has 1 atom stereocenters. The van der Waals surface area contributed by atoms with Gasteiger partial charge in [0.05, 0.1) is 35.9 Å². The number of thiazole rings is 1. The van der Waals surface area contributed by atoms with Gasteiger partial charge in [-0.2, -0.15) is 5.10 Å². The first kappa shape index (κ1) is 19.5. The van der Waals surface area contributed by atoms with Gasteiger partial charge in [-0.05, 0) is 27.2 Å². The van der Waals surface area contributed by atoms with Crippen LogP contribution in [0.5, 0.6) is 0 Å². The van der Waals surface area contributed by atoms with Crippen LogP contribution in [-0.4, -0.2) is 53.7 Å². The molecule has 0 aromatic carbocycles. The number of methoxy groups -OCH3 is 1. The number of carbonyl (C=O) groups is 2. The molecule has 1 amide bonds. The number of hydrogen-bond acceptors (Lipinski definition) is 8. The Morgan fingerprint density at radius 2 is 2.00 bits per heavy atom. The molecular formula is C16H20N4O5S2. The van der Waals surface area contributed by atoms with Gasteiger partial charge in [-0.25, -0.2) is 18.2 Å². The van der Waals surface area contributed by atoms with Crippen LogP contribution in [0, 0.1) is 20.8 Å². The molecule has 0 unspecified atom stereocenters. The van der Waals surface area contributed by atoms with Crippen molar-refractivity contribution in [3.63, 3.8) is 0 Å². The quantitative estimate of drug-likeness (QED) is 0.758. The van der Waals surface area contributed by atoms with Crippen LogP contribution in [0.2, 0.25) is 0 Å². The predicted molar refractivity (Wildman–Crippen MR) is 100 cm³/mol. The van der Waals surface area contributed by atoms with Crippen molar-refractivity contribution in [3.8, 4) is 0 Å². The summed E-state index contributed by atoms with van der Waals surface area (Å²) in [5.74, 6) is -0.801. The average Bonchev–Trinajstić information content (AvgIpc) is 3.22. The number of rotatable bonds is 4. The monoisotopic (exact) mass is 412 g/mol. The molecule has 0 radical (unpaired) electrons. The van der Waals surface area contributed by atoms with E-state index in [-0.39, 0.29) is 28.4 Å². The maximum absolute atomic E-state index is 12.7. The number of ether oxygens (including phenoxy) is 1. The molecule has 1 aliphatic heterocycles. The van der Waals surface area contributed by atoms with E-state index in [1.807, 2.05) is 0 Å². The van der Waals surface area contributed by atoms with E-state index in [9.17, 15) is 18.0 Å². The number of aryl methyl sites for hydroxylation is 2. The highest BCUT2D eigenvalue weighted by Crippen LogP contribution is 2.28. The van der Waals surface area contributed by atoms with Crippen LogP contribution in [0.4, 0.5) is 5.13 Å². The molecule has 1 saturated heterocycles. The zero-order chi connectivity index (χ0) is 19.9. The summed E-state index contributed by atoms with van der Waals surface area (Å²) in [6, 6.07) is -0.261. The molecule has 1 aliphatic rings. The molecule has 1 N–H and O–H groups in total. The van der Waals surface area contributed by atoms with E-state index in [2.05, 4.69) is 20.1 Å². The Bertz CT molecular complexity index is 1020. The summed E-state index contributed by atoms with van der Waals surface area (Å²) in [6.07, 6.45) is 0.486. The predicted octanol–water partition coefficient (Wildman–Crippen LogP) is 1.66. The molecule has 27 heavy (non-hydrogen) atoms. The average molecular weight is 412 g/mol. The van der Waals surface area contributed by atoms with Gasteiger partial charge in [0.2, 0.25) is 0 Å². The number of sulfone groups is 1. The minimum Gasteiger partial charge on any atom is -0.464 e. The molecule has 146 valence electrons. The second kappa shape index (κ2) is 7.04. The number of nitrogens with zero attached hydrogens (tertiary/aromatic N) is 3. The number of carbonyl (C=O) groups excluding carboxylic acids is 2. The highest BCUT2D eigenvalue weighted by atomic mass is 32.2. The summed E-state index contributed by atoms with van der Waals surface area (Å²) >= 11 is 1.17. The van der Waals surface area contributed by atoms with Crippen LogP contribution in [0.15, 0.2) is 0 Å². The van der Waals surface area contributed by atoms with Crippen molar-refractivity contribution in [2.24, 2.45) is 0 Å². The van der Waals surface area contributed by atoms with E-state index in [4.69, 9.17) is 0 Å². The Balaban J connectivity index is 1.85. The topological polar surface area (TPSA) is 120 Å². The van der Waals surface area contributed by atoms with Gasteiger partial charge in [0.1, 0.15) is 0 Å². The second-order valence-corrected chi connectivity index (χ2v) is 9.85. The summed E-state index contributed by atoms with van der Waals surface area (Å²) in [5.41, 5.74) is 1.66. The van der Waals surface area contributed by atoms with Gasteiger partial charge in [-0.1, -0.05) is 0 Å². The van der Waals surface area contributed by atoms with E-state index in [1.54, 1.807) is 25.5 Å². The van der Waals surface area contributed by atoms with E-state index in [0.717, 1.165) is 0 Å². The van der Waals surface area contributed by atoms with E-state index >= 15 is 0 Å². The van der Waals surface area contributed by atoms with E-state index < -0.39 is 21.7 Å². The lowest BCUT2D eigenvalue weighted by molar-refractivity contribution is 0.0594. The number of amides is 1. The van der Waals surface area contributed by atoms with Crippen molar-refractivity contribution in [2.45, 2.75) is 33.2 Å². The third-order valence-corrected chi connectivity index (χ3v) is 7.14. The Morgan fingerprint density at radius 3 is 2.59 bits per heavy atom. The number of aromatic nitrogens is 3. The van der Waals surface area contributed by atoms with Crippen molar-refractivity contribution >= 4 is 38.2 Å². The van der Waals surface area contributed by atoms with E-state index in [1.165, 1.54) is 18.4 Å². The molecule has 1 fully saturated rings. The summed E-state index contributed by atoms with van der Waals surface area (Å²) < 4.78 is 29.8. The fraction of sp³-hybridized carbons (Fsp3) is 0.500. The number of anilines is 1. The van der Waals surface area contributed by atoms with Crippen LogP contribution in [0.1, 0.15) is 49.6 Å². The molecule has 0 aliphatic carbocycles. The first-order valence-electron chi connectivity index (χ1n) is 8.26. The Labute approximate surface area is 160 Å². The van der Waals surface area contributed by atoms with Crippen LogP contribution < -0.4 is 5.32 Å². The SMILES string of the molecule is COC(=O)c1nc(NC(=O)c2c(C)nn([C@H]3CCS(=O)(=O)C3)c2C)sc1C. The Kier molecular flexibility index (Phi) is 5.08. The lowest BCUT2D eigenvalue weighted by Crippen LogP contribution is -2.16.